The van der Waals surface area contributed by atoms with Crippen LogP contribution in [0.3, 0.4) is 0 Å². The minimum absolute atomic E-state index is 0. The molecule has 0 aliphatic carbocycles. The average Bonchev–Trinajstić information content (AvgIpc) is 1.64. The van der Waals surface area contributed by atoms with E-state index < -0.39 is 0 Å². The van der Waals surface area contributed by atoms with Crippen molar-refractivity contribution < 1.29 is 4.79 Å². The number of nitrogens with two attached hydrogens (primary N) is 2. The molecule has 0 aliphatic rings. The molecule has 0 aromatic rings. The molecular formula is C5H10N2OSb. The third-order valence-corrected chi connectivity index (χ3v) is 0.804. The summed E-state index contributed by atoms with van der Waals surface area (Å²) in [6.45, 7) is 2.97. The van der Waals surface area contributed by atoms with Gasteiger partial charge in [0.05, 0.1) is 5.70 Å². The first-order valence-electron chi connectivity index (χ1n) is 2.28. The molecule has 0 amide bonds. The molecule has 4 N–H and O–H groups in total. The molecule has 0 unspecified atom stereocenters. The molecule has 0 bridgehead atoms. The van der Waals surface area contributed by atoms with E-state index >= 15 is 0 Å². The Kier molecular flexibility index (Phi) is 6.04. The topological polar surface area (TPSA) is 69.1 Å². The van der Waals surface area contributed by atoms with Crippen LogP contribution < -0.4 is 11.5 Å². The van der Waals surface area contributed by atoms with Crippen LogP contribution in [0.15, 0.2) is 11.4 Å². The first-order chi connectivity index (χ1) is 3.55. The van der Waals surface area contributed by atoms with Crippen LogP contribution in [0.2, 0.25) is 0 Å². The summed E-state index contributed by atoms with van der Waals surface area (Å²) in [5.74, 6) is -0.176. The fourth-order valence-corrected chi connectivity index (χ4v) is 0.278. The molecule has 51 valence electrons. The number of hydrogen-bond donors (Lipinski definition) is 2. The van der Waals surface area contributed by atoms with Gasteiger partial charge in [0, 0.05) is 37.0 Å². The van der Waals surface area contributed by atoms with Crippen molar-refractivity contribution in [2.45, 2.75) is 13.8 Å². The third kappa shape index (κ3) is 4.34. The fraction of sp³-hybridized carbons (Fsp3) is 0.400. The van der Waals surface area contributed by atoms with Crippen LogP contribution in [0.25, 0.3) is 0 Å². The van der Waals surface area contributed by atoms with Crippen LogP contribution in [0.5, 0.6) is 0 Å². The summed E-state index contributed by atoms with van der Waals surface area (Å²) in [6, 6.07) is 0. The SMILES string of the molecule is CC(=O)C(N)=C(C)N.[Sb]. The standard InChI is InChI=1S/C5H10N2O.Sb/c1-3(6)5(7)4(2)8;/h6-7H2,1-2H3;. The molecule has 0 aliphatic heterocycles. The van der Waals surface area contributed by atoms with E-state index in [4.69, 9.17) is 11.5 Å². The molecular weight excluding hydrogens is 226 g/mol. The summed E-state index contributed by atoms with van der Waals surface area (Å²) in [4.78, 5) is 10.3. The molecule has 0 spiro atoms. The molecule has 9 heavy (non-hydrogen) atoms. The number of allylic oxidation sites excluding steroid dienone is 2. The maximum Gasteiger partial charge on any atom is 0.177 e. The van der Waals surface area contributed by atoms with E-state index in [0.29, 0.717) is 5.70 Å². The molecule has 0 aromatic heterocycles. The predicted octanol–water partition coefficient (Wildman–Crippen LogP) is -0.656. The van der Waals surface area contributed by atoms with Gasteiger partial charge in [-0.25, -0.2) is 0 Å². The van der Waals surface area contributed by atoms with E-state index in [1.807, 2.05) is 0 Å². The van der Waals surface area contributed by atoms with Crippen molar-refractivity contribution in [3.05, 3.63) is 11.4 Å². The Hall–Kier alpha value is -0.172. The summed E-state index contributed by atoms with van der Waals surface area (Å²) in [6.07, 6.45) is 0. The van der Waals surface area contributed by atoms with E-state index in [2.05, 4.69) is 0 Å². The Morgan fingerprint density at radius 1 is 1.22 bits per heavy atom. The molecule has 3 radical (unpaired) electrons. The van der Waals surface area contributed by atoms with E-state index in [9.17, 15) is 4.79 Å². The van der Waals surface area contributed by atoms with Gasteiger partial charge in [-0.3, -0.25) is 4.79 Å². The molecule has 0 saturated carbocycles. The van der Waals surface area contributed by atoms with Gasteiger partial charge in [0.2, 0.25) is 0 Å². The van der Waals surface area contributed by atoms with Crippen LogP contribution >= 0.6 is 0 Å². The smallest absolute Gasteiger partial charge is 0.177 e. The zero-order chi connectivity index (χ0) is 6.73. The minimum atomic E-state index is -0.176. The van der Waals surface area contributed by atoms with Gasteiger partial charge in [-0.1, -0.05) is 0 Å². The molecule has 0 fully saturated rings. The minimum Gasteiger partial charge on any atom is -0.401 e. The quantitative estimate of drug-likeness (QED) is 0.469. The largest absolute Gasteiger partial charge is 0.401 e. The maximum atomic E-state index is 10.3. The van der Waals surface area contributed by atoms with Gasteiger partial charge < -0.3 is 11.5 Å². The van der Waals surface area contributed by atoms with Gasteiger partial charge in [0.15, 0.2) is 5.78 Å². The molecule has 0 saturated heterocycles. The molecule has 4 heteroatoms. The summed E-state index contributed by atoms with van der Waals surface area (Å²) >= 11 is 0. The van der Waals surface area contributed by atoms with Crippen molar-refractivity contribution in [1.29, 1.82) is 0 Å². The Balaban J connectivity index is 0. The van der Waals surface area contributed by atoms with Gasteiger partial charge in [-0.05, 0) is 6.92 Å². The maximum absolute atomic E-state index is 10.3. The van der Waals surface area contributed by atoms with Crippen molar-refractivity contribution in [2.24, 2.45) is 11.5 Å². The fourth-order valence-electron chi connectivity index (χ4n) is 0.278. The van der Waals surface area contributed by atoms with Gasteiger partial charge in [0.25, 0.3) is 0 Å². The Labute approximate surface area is 71.9 Å². The first kappa shape index (κ1) is 11.6. The number of carbonyl (C=O) groups excluding carboxylic acids is 1. The van der Waals surface area contributed by atoms with Crippen molar-refractivity contribution in [3.63, 3.8) is 0 Å². The second-order valence-electron chi connectivity index (χ2n) is 1.65. The zero-order valence-corrected chi connectivity index (χ0v) is 8.06. The average molecular weight is 236 g/mol. The second kappa shape index (κ2) is 4.68. The van der Waals surface area contributed by atoms with E-state index in [1.54, 1.807) is 6.92 Å². The van der Waals surface area contributed by atoms with Gasteiger partial charge in [0.1, 0.15) is 0 Å². The van der Waals surface area contributed by atoms with Crippen molar-refractivity contribution in [3.8, 4) is 0 Å². The predicted molar refractivity (Wildman–Crippen MR) is 37.5 cm³/mol. The monoisotopic (exact) mass is 235 g/mol. The van der Waals surface area contributed by atoms with Gasteiger partial charge >= 0.3 is 0 Å². The van der Waals surface area contributed by atoms with Crippen molar-refractivity contribution in [2.75, 3.05) is 0 Å². The summed E-state index contributed by atoms with van der Waals surface area (Å²) in [5, 5.41) is 0. The van der Waals surface area contributed by atoms with Crippen LogP contribution in [0.4, 0.5) is 0 Å². The van der Waals surface area contributed by atoms with Crippen LogP contribution in [0, 0.1) is 0 Å². The summed E-state index contributed by atoms with van der Waals surface area (Å²) < 4.78 is 0. The first-order valence-corrected chi connectivity index (χ1v) is 2.28. The Morgan fingerprint density at radius 3 is 1.56 bits per heavy atom. The molecule has 0 rings (SSSR count). The van der Waals surface area contributed by atoms with E-state index in [1.165, 1.54) is 6.92 Å². The summed E-state index contributed by atoms with van der Waals surface area (Å²) in [5.41, 5.74) is 10.9. The van der Waals surface area contributed by atoms with Crippen molar-refractivity contribution in [1.82, 2.24) is 0 Å². The third-order valence-electron chi connectivity index (χ3n) is 0.804. The van der Waals surface area contributed by atoms with Crippen LogP contribution in [-0.2, 0) is 4.79 Å². The summed E-state index contributed by atoms with van der Waals surface area (Å²) in [7, 11) is 0. The second-order valence-corrected chi connectivity index (χ2v) is 1.65. The number of rotatable bonds is 1. The number of ketones is 1. The van der Waals surface area contributed by atoms with E-state index in [-0.39, 0.29) is 35.9 Å². The normalized spacial score (nSPS) is 11.3. The van der Waals surface area contributed by atoms with Gasteiger partial charge in [-0.15, -0.1) is 0 Å². The molecule has 0 atom stereocenters. The Bertz CT molecular complexity index is 138. The zero-order valence-electron chi connectivity index (χ0n) is 5.51. The van der Waals surface area contributed by atoms with E-state index in [0.717, 1.165) is 0 Å². The van der Waals surface area contributed by atoms with Crippen molar-refractivity contribution >= 4 is 30.2 Å². The molecule has 0 aromatic carbocycles. The number of Topliss-reactive ketones (excluding diaryl/α,β-unsaturated/α-hetero) is 1. The molecule has 0 heterocycles. The number of carbonyl (C=O) groups is 1. The molecule has 3 nitrogen and oxygen atoms in total. The number of hydrogen-bond acceptors (Lipinski definition) is 3. The Morgan fingerprint density at radius 2 is 1.56 bits per heavy atom. The van der Waals surface area contributed by atoms with Gasteiger partial charge in [-0.2, -0.15) is 0 Å². The van der Waals surface area contributed by atoms with Crippen LogP contribution in [-0.4, -0.2) is 30.2 Å². The van der Waals surface area contributed by atoms with Crippen LogP contribution in [0.1, 0.15) is 13.8 Å².